The van der Waals surface area contributed by atoms with Gasteiger partial charge in [-0.05, 0) is 50.5 Å². The molecule has 0 aliphatic heterocycles. The molecule has 1 rings (SSSR count). The average Bonchev–Trinajstić information content (AvgIpc) is 2.51. The van der Waals surface area contributed by atoms with Gasteiger partial charge in [-0.2, -0.15) is 0 Å². The van der Waals surface area contributed by atoms with Crippen molar-refractivity contribution in [2.45, 2.75) is 52.0 Å². The molecule has 0 aromatic rings. The lowest BCUT2D eigenvalue weighted by Crippen LogP contribution is -2.32. The average molecular weight is 195 g/mol. The smallest absolute Gasteiger partial charge is 0.00953 e. The molecule has 82 valence electrons. The van der Waals surface area contributed by atoms with Crippen LogP contribution < -0.4 is 5.32 Å². The van der Waals surface area contributed by atoms with E-state index in [-0.39, 0.29) is 0 Å². The van der Waals surface area contributed by atoms with Crippen molar-refractivity contribution in [3.05, 3.63) is 12.7 Å². The molecular formula is C13H25N. The minimum absolute atomic E-state index is 0.786. The van der Waals surface area contributed by atoms with Crippen molar-refractivity contribution < 1.29 is 0 Å². The van der Waals surface area contributed by atoms with E-state index in [1.807, 2.05) is 6.08 Å². The highest BCUT2D eigenvalue weighted by Gasteiger charge is 2.31. The second kappa shape index (κ2) is 6.23. The van der Waals surface area contributed by atoms with Crippen LogP contribution >= 0.6 is 0 Å². The molecular weight excluding hydrogens is 170 g/mol. The molecule has 3 atom stereocenters. The molecule has 0 amide bonds. The van der Waals surface area contributed by atoms with Crippen molar-refractivity contribution in [2.75, 3.05) is 6.54 Å². The maximum atomic E-state index is 3.78. The van der Waals surface area contributed by atoms with Crippen LogP contribution in [0.2, 0.25) is 0 Å². The van der Waals surface area contributed by atoms with E-state index in [0.717, 1.165) is 24.4 Å². The zero-order valence-electron chi connectivity index (χ0n) is 9.76. The molecule has 0 heterocycles. The fourth-order valence-electron chi connectivity index (χ4n) is 2.73. The lowest BCUT2D eigenvalue weighted by Gasteiger charge is -2.21. The summed E-state index contributed by atoms with van der Waals surface area (Å²) >= 11 is 0. The minimum Gasteiger partial charge on any atom is -0.314 e. The second-order valence-electron chi connectivity index (χ2n) is 4.58. The summed E-state index contributed by atoms with van der Waals surface area (Å²) < 4.78 is 0. The van der Waals surface area contributed by atoms with E-state index in [9.17, 15) is 0 Å². The van der Waals surface area contributed by atoms with Crippen LogP contribution in [-0.4, -0.2) is 12.6 Å². The summed E-state index contributed by atoms with van der Waals surface area (Å²) in [6.45, 7) is 9.52. The van der Waals surface area contributed by atoms with Crippen LogP contribution in [0.4, 0.5) is 0 Å². The molecule has 14 heavy (non-hydrogen) atoms. The van der Waals surface area contributed by atoms with Gasteiger partial charge in [0, 0.05) is 6.04 Å². The monoisotopic (exact) mass is 195 g/mol. The molecule has 0 aromatic heterocycles. The fraction of sp³-hybridized carbons (Fsp3) is 0.846. The van der Waals surface area contributed by atoms with Gasteiger partial charge in [0.1, 0.15) is 0 Å². The quantitative estimate of drug-likeness (QED) is 0.506. The highest BCUT2D eigenvalue weighted by Crippen LogP contribution is 2.35. The number of hydrogen-bond donors (Lipinski definition) is 1. The van der Waals surface area contributed by atoms with Crippen molar-refractivity contribution >= 4 is 0 Å². The van der Waals surface area contributed by atoms with Gasteiger partial charge in [-0.3, -0.25) is 0 Å². The van der Waals surface area contributed by atoms with E-state index in [1.54, 1.807) is 0 Å². The number of unbranched alkanes of at least 4 members (excludes halogenated alkanes) is 1. The summed E-state index contributed by atoms with van der Waals surface area (Å²) in [5, 5.41) is 3.59. The minimum atomic E-state index is 0.786. The molecule has 1 aliphatic rings. The Morgan fingerprint density at radius 2 is 2.21 bits per heavy atom. The third kappa shape index (κ3) is 3.13. The maximum Gasteiger partial charge on any atom is 0.00953 e. The molecule has 1 fully saturated rings. The van der Waals surface area contributed by atoms with E-state index < -0.39 is 0 Å². The Bertz CT molecular complexity index is 165. The Labute approximate surface area is 89.0 Å². The topological polar surface area (TPSA) is 12.0 Å². The molecule has 1 nitrogen and oxygen atoms in total. The summed E-state index contributed by atoms with van der Waals surface area (Å²) in [5.74, 6) is 1.83. The van der Waals surface area contributed by atoms with E-state index >= 15 is 0 Å². The Hall–Kier alpha value is -0.300. The fourth-order valence-corrected chi connectivity index (χ4v) is 2.73. The zero-order chi connectivity index (χ0) is 10.4. The number of allylic oxidation sites excluding steroid dienone is 1. The molecule has 1 heteroatoms. The van der Waals surface area contributed by atoms with Gasteiger partial charge in [0.25, 0.3) is 0 Å². The van der Waals surface area contributed by atoms with Gasteiger partial charge < -0.3 is 5.32 Å². The maximum absolute atomic E-state index is 3.78. The van der Waals surface area contributed by atoms with E-state index in [2.05, 4.69) is 25.7 Å². The lowest BCUT2D eigenvalue weighted by atomic mass is 9.91. The normalized spacial score (nSPS) is 32.0. The highest BCUT2D eigenvalue weighted by atomic mass is 14.9. The third-order valence-electron chi connectivity index (χ3n) is 3.68. The van der Waals surface area contributed by atoms with Gasteiger partial charge in [0.15, 0.2) is 0 Å². The van der Waals surface area contributed by atoms with Crippen LogP contribution in [0.3, 0.4) is 0 Å². The summed E-state index contributed by atoms with van der Waals surface area (Å²) in [6, 6.07) is 0.786. The summed E-state index contributed by atoms with van der Waals surface area (Å²) in [7, 11) is 0. The van der Waals surface area contributed by atoms with Gasteiger partial charge in [-0.1, -0.05) is 19.9 Å². The van der Waals surface area contributed by atoms with Crippen LogP contribution in [0.5, 0.6) is 0 Å². The number of hydrogen-bond acceptors (Lipinski definition) is 1. The van der Waals surface area contributed by atoms with Crippen LogP contribution in [0, 0.1) is 11.8 Å². The molecule has 0 saturated heterocycles. The Kier molecular flexibility index (Phi) is 5.24. The largest absolute Gasteiger partial charge is 0.314 e. The van der Waals surface area contributed by atoms with Crippen molar-refractivity contribution in [2.24, 2.45) is 11.8 Å². The first kappa shape index (κ1) is 11.8. The van der Waals surface area contributed by atoms with Crippen molar-refractivity contribution in [1.29, 1.82) is 0 Å². The SMILES string of the molecule is C=CCCCC1CCC(NCC)C1C. The predicted octanol–water partition coefficient (Wildman–Crippen LogP) is 3.37. The first-order valence-electron chi connectivity index (χ1n) is 6.13. The van der Waals surface area contributed by atoms with Gasteiger partial charge in [0.05, 0.1) is 0 Å². The van der Waals surface area contributed by atoms with E-state index in [0.29, 0.717) is 0 Å². The third-order valence-corrected chi connectivity index (χ3v) is 3.68. The van der Waals surface area contributed by atoms with Crippen LogP contribution in [-0.2, 0) is 0 Å². The summed E-state index contributed by atoms with van der Waals surface area (Å²) in [6.07, 6.45) is 8.77. The van der Waals surface area contributed by atoms with Gasteiger partial charge >= 0.3 is 0 Å². The second-order valence-corrected chi connectivity index (χ2v) is 4.58. The lowest BCUT2D eigenvalue weighted by molar-refractivity contribution is 0.335. The Morgan fingerprint density at radius 1 is 1.43 bits per heavy atom. The molecule has 1 aliphatic carbocycles. The Balaban J connectivity index is 2.24. The number of rotatable bonds is 6. The van der Waals surface area contributed by atoms with Crippen LogP contribution in [0.1, 0.15) is 46.0 Å². The highest BCUT2D eigenvalue weighted by molar-refractivity contribution is 4.86. The Morgan fingerprint density at radius 3 is 2.86 bits per heavy atom. The first-order chi connectivity index (χ1) is 6.79. The van der Waals surface area contributed by atoms with Crippen molar-refractivity contribution in [1.82, 2.24) is 5.32 Å². The van der Waals surface area contributed by atoms with Gasteiger partial charge in [0.2, 0.25) is 0 Å². The molecule has 1 saturated carbocycles. The molecule has 0 bridgehead atoms. The van der Waals surface area contributed by atoms with Crippen molar-refractivity contribution in [3.63, 3.8) is 0 Å². The van der Waals surface area contributed by atoms with E-state index in [4.69, 9.17) is 0 Å². The van der Waals surface area contributed by atoms with Gasteiger partial charge in [-0.15, -0.1) is 6.58 Å². The standard InChI is InChI=1S/C13H25N/c1-4-6-7-8-12-9-10-13(11(12)3)14-5-2/h4,11-14H,1,5-10H2,2-3H3. The van der Waals surface area contributed by atoms with Crippen molar-refractivity contribution in [3.8, 4) is 0 Å². The molecule has 0 spiro atoms. The number of nitrogens with one attached hydrogen (secondary N) is 1. The van der Waals surface area contributed by atoms with E-state index in [1.165, 1.54) is 32.1 Å². The summed E-state index contributed by atoms with van der Waals surface area (Å²) in [5.41, 5.74) is 0. The molecule has 1 N–H and O–H groups in total. The van der Waals surface area contributed by atoms with Crippen LogP contribution in [0.15, 0.2) is 12.7 Å². The molecule has 0 radical (unpaired) electrons. The van der Waals surface area contributed by atoms with Crippen LogP contribution in [0.25, 0.3) is 0 Å². The molecule has 0 aromatic carbocycles. The zero-order valence-corrected chi connectivity index (χ0v) is 9.76. The molecule has 3 unspecified atom stereocenters. The van der Waals surface area contributed by atoms with Gasteiger partial charge in [-0.25, -0.2) is 0 Å². The first-order valence-corrected chi connectivity index (χ1v) is 6.13. The summed E-state index contributed by atoms with van der Waals surface area (Å²) in [4.78, 5) is 0. The predicted molar refractivity (Wildman–Crippen MR) is 63.4 cm³/mol.